The van der Waals surface area contributed by atoms with Gasteiger partial charge in [0.15, 0.2) is 6.61 Å². The number of fused-ring (bicyclic) bond motifs is 1. The van der Waals surface area contributed by atoms with Gasteiger partial charge in [-0.05, 0) is 69.2 Å². The van der Waals surface area contributed by atoms with E-state index in [4.69, 9.17) is 13.9 Å². The Morgan fingerprint density at radius 1 is 1.09 bits per heavy atom. The Labute approximate surface area is 197 Å². The van der Waals surface area contributed by atoms with Crippen molar-refractivity contribution in [1.29, 1.82) is 0 Å². The lowest BCUT2D eigenvalue weighted by Gasteiger charge is -2.15. The molecular formula is C24H26N2O7S. The van der Waals surface area contributed by atoms with Gasteiger partial charge in [-0.25, -0.2) is 13.2 Å². The van der Waals surface area contributed by atoms with Gasteiger partial charge in [0.2, 0.25) is 15.8 Å². The zero-order valence-electron chi connectivity index (χ0n) is 19.0. The minimum atomic E-state index is -3.52. The number of carbonyl (C=O) groups is 2. The Balaban J connectivity index is 1.36. The maximum absolute atomic E-state index is 12.6. The minimum absolute atomic E-state index is 0.0212. The van der Waals surface area contributed by atoms with Crippen molar-refractivity contribution in [3.8, 4) is 5.75 Å². The molecule has 1 aliphatic heterocycles. The van der Waals surface area contributed by atoms with E-state index in [1.165, 1.54) is 28.6 Å². The van der Waals surface area contributed by atoms with Crippen LogP contribution < -0.4 is 10.1 Å². The van der Waals surface area contributed by atoms with Gasteiger partial charge in [-0.3, -0.25) is 4.79 Å². The van der Waals surface area contributed by atoms with Gasteiger partial charge >= 0.3 is 5.97 Å². The van der Waals surface area contributed by atoms with Gasteiger partial charge in [-0.2, -0.15) is 4.31 Å². The third-order valence-corrected chi connectivity index (χ3v) is 7.49. The average Bonchev–Trinajstić information content (AvgIpc) is 3.48. The quantitative estimate of drug-likeness (QED) is 0.483. The van der Waals surface area contributed by atoms with Gasteiger partial charge in [0.05, 0.1) is 11.5 Å². The standard InChI is InChI=1S/C24H26N2O7S/c1-3-31-18-8-11-21-20(14-18)16(2)23(33-21)24(28)32-15-22(27)25-17-6-9-19(10-7-17)34(29,30)26-12-4-5-13-26/h6-11,14H,3-5,12-13,15H2,1-2H3,(H,25,27). The number of esters is 1. The van der Waals surface area contributed by atoms with Crippen LogP contribution >= 0.6 is 0 Å². The lowest BCUT2D eigenvalue weighted by atomic mass is 10.1. The van der Waals surface area contributed by atoms with Crippen molar-refractivity contribution in [3.63, 3.8) is 0 Å². The van der Waals surface area contributed by atoms with Crippen LogP contribution in [0.25, 0.3) is 11.0 Å². The van der Waals surface area contributed by atoms with E-state index >= 15 is 0 Å². The molecule has 0 spiro atoms. The molecule has 1 aromatic heterocycles. The predicted octanol–water partition coefficient (Wildman–Crippen LogP) is 3.72. The van der Waals surface area contributed by atoms with Gasteiger partial charge in [-0.1, -0.05) is 0 Å². The Morgan fingerprint density at radius 2 is 1.79 bits per heavy atom. The van der Waals surface area contributed by atoms with Crippen LogP contribution in [0.5, 0.6) is 5.75 Å². The summed E-state index contributed by atoms with van der Waals surface area (Å²) in [6, 6.07) is 11.1. The van der Waals surface area contributed by atoms with Crippen molar-refractivity contribution in [3.05, 3.63) is 53.8 Å². The Kier molecular flexibility index (Phi) is 6.90. The molecule has 0 aliphatic carbocycles. The van der Waals surface area contributed by atoms with E-state index in [0.717, 1.165) is 18.2 Å². The molecule has 0 bridgehead atoms. The number of hydrogen-bond acceptors (Lipinski definition) is 7. The molecule has 3 aromatic rings. The molecule has 0 unspecified atom stereocenters. The fraction of sp³-hybridized carbons (Fsp3) is 0.333. The largest absolute Gasteiger partial charge is 0.494 e. The molecule has 1 fully saturated rings. The molecule has 34 heavy (non-hydrogen) atoms. The predicted molar refractivity (Wildman–Crippen MR) is 125 cm³/mol. The van der Waals surface area contributed by atoms with E-state index < -0.39 is 28.5 Å². The molecule has 1 saturated heterocycles. The van der Waals surface area contributed by atoms with Gasteiger partial charge in [0.25, 0.3) is 5.91 Å². The van der Waals surface area contributed by atoms with Crippen molar-refractivity contribution < 1.29 is 31.9 Å². The van der Waals surface area contributed by atoms with Gasteiger partial charge in [0, 0.05) is 29.7 Å². The van der Waals surface area contributed by atoms with Crippen LogP contribution in [-0.2, 0) is 19.6 Å². The second-order valence-electron chi connectivity index (χ2n) is 7.91. The number of furan rings is 1. The highest BCUT2D eigenvalue weighted by atomic mass is 32.2. The number of carbonyl (C=O) groups excluding carboxylic acids is 2. The lowest BCUT2D eigenvalue weighted by Crippen LogP contribution is -2.27. The smallest absolute Gasteiger partial charge is 0.375 e. The number of ether oxygens (including phenoxy) is 2. The molecule has 0 atom stereocenters. The molecule has 4 rings (SSSR count). The summed E-state index contributed by atoms with van der Waals surface area (Å²) in [6.45, 7) is 4.65. The third kappa shape index (κ3) is 4.92. The molecule has 0 radical (unpaired) electrons. The first-order chi connectivity index (χ1) is 16.3. The summed E-state index contributed by atoms with van der Waals surface area (Å²) in [7, 11) is -3.52. The first kappa shape index (κ1) is 23.8. The maximum Gasteiger partial charge on any atom is 0.375 e. The van der Waals surface area contributed by atoms with E-state index in [1.807, 2.05) is 6.92 Å². The molecule has 180 valence electrons. The van der Waals surface area contributed by atoms with Crippen molar-refractivity contribution in [1.82, 2.24) is 4.31 Å². The summed E-state index contributed by atoms with van der Waals surface area (Å²) >= 11 is 0. The van der Waals surface area contributed by atoms with Crippen molar-refractivity contribution in [2.24, 2.45) is 0 Å². The lowest BCUT2D eigenvalue weighted by molar-refractivity contribution is -0.119. The van der Waals surface area contributed by atoms with E-state index in [-0.39, 0.29) is 10.7 Å². The van der Waals surface area contributed by atoms with Crippen LogP contribution in [0.3, 0.4) is 0 Å². The van der Waals surface area contributed by atoms with E-state index in [1.54, 1.807) is 25.1 Å². The monoisotopic (exact) mass is 486 g/mol. The number of benzene rings is 2. The average molecular weight is 487 g/mol. The number of nitrogens with one attached hydrogen (secondary N) is 1. The van der Waals surface area contributed by atoms with Crippen LogP contribution in [0.2, 0.25) is 0 Å². The van der Waals surface area contributed by atoms with E-state index in [9.17, 15) is 18.0 Å². The summed E-state index contributed by atoms with van der Waals surface area (Å²) < 4.78 is 42.8. The van der Waals surface area contributed by atoms with E-state index in [0.29, 0.717) is 42.3 Å². The molecular weight excluding hydrogens is 460 g/mol. The van der Waals surface area contributed by atoms with Gasteiger partial charge in [0.1, 0.15) is 11.3 Å². The molecule has 2 heterocycles. The Bertz CT molecular complexity index is 1310. The van der Waals surface area contributed by atoms with Crippen LogP contribution in [0, 0.1) is 6.92 Å². The number of rotatable bonds is 8. The van der Waals surface area contributed by atoms with Gasteiger partial charge in [-0.15, -0.1) is 0 Å². The highest BCUT2D eigenvalue weighted by Gasteiger charge is 2.27. The van der Waals surface area contributed by atoms with Crippen LogP contribution in [0.4, 0.5) is 5.69 Å². The third-order valence-electron chi connectivity index (χ3n) is 5.58. The number of hydrogen-bond donors (Lipinski definition) is 1. The SMILES string of the molecule is CCOc1ccc2oc(C(=O)OCC(=O)Nc3ccc(S(=O)(=O)N4CCCC4)cc3)c(C)c2c1. The molecule has 1 amide bonds. The fourth-order valence-electron chi connectivity index (χ4n) is 3.83. The summed E-state index contributed by atoms with van der Waals surface area (Å²) in [5.41, 5.74) is 1.50. The number of aryl methyl sites for hydroxylation is 1. The summed E-state index contributed by atoms with van der Waals surface area (Å²) in [5, 5.41) is 3.32. The molecule has 10 heteroatoms. The van der Waals surface area contributed by atoms with Crippen LogP contribution in [0.15, 0.2) is 51.8 Å². The Morgan fingerprint density at radius 3 is 2.47 bits per heavy atom. The summed E-state index contributed by atoms with van der Waals surface area (Å²) in [6.07, 6.45) is 1.71. The van der Waals surface area contributed by atoms with Crippen molar-refractivity contribution in [2.75, 3.05) is 31.6 Å². The van der Waals surface area contributed by atoms with Crippen LogP contribution in [-0.4, -0.2) is 50.9 Å². The van der Waals surface area contributed by atoms with Gasteiger partial charge < -0.3 is 19.2 Å². The zero-order chi connectivity index (χ0) is 24.3. The van der Waals surface area contributed by atoms with Crippen LogP contribution in [0.1, 0.15) is 35.9 Å². The number of amides is 1. The first-order valence-corrected chi connectivity index (χ1v) is 12.5. The maximum atomic E-state index is 12.6. The highest BCUT2D eigenvalue weighted by Crippen LogP contribution is 2.29. The number of anilines is 1. The second-order valence-corrected chi connectivity index (χ2v) is 9.84. The number of sulfonamides is 1. The van der Waals surface area contributed by atoms with Crippen molar-refractivity contribution >= 4 is 38.6 Å². The molecule has 2 aromatic carbocycles. The van der Waals surface area contributed by atoms with E-state index in [2.05, 4.69) is 5.32 Å². The minimum Gasteiger partial charge on any atom is -0.494 e. The summed E-state index contributed by atoms with van der Waals surface area (Å²) in [5.74, 6) is -0.630. The number of nitrogens with zero attached hydrogens (tertiary/aromatic N) is 1. The fourth-order valence-corrected chi connectivity index (χ4v) is 5.35. The topological polar surface area (TPSA) is 115 Å². The first-order valence-electron chi connectivity index (χ1n) is 11.0. The highest BCUT2D eigenvalue weighted by molar-refractivity contribution is 7.89. The summed E-state index contributed by atoms with van der Waals surface area (Å²) in [4.78, 5) is 24.9. The molecule has 9 nitrogen and oxygen atoms in total. The molecule has 1 aliphatic rings. The molecule has 0 saturated carbocycles. The zero-order valence-corrected chi connectivity index (χ0v) is 19.8. The van der Waals surface area contributed by atoms with Crippen molar-refractivity contribution in [2.45, 2.75) is 31.6 Å². The second kappa shape index (κ2) is 9.86. The Hall–Kier alpha value is -3.37. The normalized spacial score (nSPS) is 14.3. The molecule has 1 N–H and O–H groups in total.